The predicted molar refractivity (Wildman–Crippen MR) is 99.2 cm³/mol. The summed E-state index contributed by atoms with van der Waals surface area (Å²) in [6.07, 6.45) is 1.94. The Hall–Kier alpha value is -2.65. The van der Waals surface area contributed by atoms with Crippen molar-refractivity contribution >= 4 is 11.7 Å². The molecular formula is C19H24N4O5. The van der Waals surface area contributed by atoms with Crippen LogP contribution < -0.4 is 15.4 Å². The van der Waals surface area contributed by atoms with Gasteiger partial charge in [0.1, 0.15) is 17.4 Å². The summed E-state index contributed by atoms with van der Waals surface area (Å²) in [5, 5.41) is 9.78. The van der Waals surface area contributed by atoms with E-state index in [4.69, 9.17) is 18.7 Å². The van der Waals surface area contributed by atoms with Gasteiger partial charge in [-0.05, 0) is 19.1 Å². The summed E-state index contributed by atoms with van der Waals surface area (Å²) in [6, 6.07) is 6.99. The maximum Gasteiger partial charge on any atom is 0.320 e. The monoisotopic (exact) mass is 388 g/mol. The molecule has 2 saturated heterocycles. The van der Waals surface area contributed by atoms with Crippen LogP contribution in [0.1, 0.15) is 31.0 Å². The number of amides is 2. The Morgan fingerprint density at radius 2 is 2.04 bits per heavy atom. The molecule has 0 aliphatic carbocycles. The highest BCUT2D eigenvalue weighted by Crippen LogP contribution is 2.32. The molecule has 1 atom stereocenters. The Bertz CT molecular complexity index is 812. The molecule has 1 aromatic carbocycles. The Morgan fingerprint density at radius 3 is 2.75 bits per heavy atom. The minimum atomic E-state index is -0.751. The average Bonchev–Trinajstić information content (AvgIpc) is 3.36. The summed E-state index contributed by atoms with van der Waals surface area (Å²) >= 11 is 0. The summed E-state index contributed by atoms with van der Waals surface area (Å²) in [5.41, 5.74) is -0.158. The van der Waals surface area contributed by atoms with E-state index < -0.39 is 5.54 Å². The normalized spacial score (nSPS) is 21.2. The van der Waals surface area contributed by atoms with Crippen LogP contribution in [0.2, 0.25) is 0 Å². The van der Waals surface area contributed by atoms with E-state index in [1.807, 2.05) is 18.2 Å². The van der Waals surface area contributed by atoms with E-state index in [-0.39, 0.29) is 12.1 Å². The highest BCUT2D eigenvalue weighted by atomic mass is 16.5. The smallest absolute Gasteiger partial charge is 0.320 e. The first-order valence-corrected chi connectivity index (χ1v) is 9.46. The minimum Gasteiger partial charge on any atom is -0.486 e. The topological polar surface area (TPSA) is 108 Å². The maximum atomic E-state index is 12.8. The third kappa shape index (κ3) is 4.10. The van der Waals surface area contributed by atoms with Gasteiger partial charge in [0, 0.05) is 32.5 Å². The zero-order chi connectivity index (χ0) is 19.4. The lowest BCUT2D eigenvalue weighted by atomic mass is 9.90. The van der Waals surface area contributed by atoms with Gasteiger partial charge in [-0.3, -0.25) is 0 Å². The van der Waals surface area contributed by atoms with Gasteiger partial charge in [-0.1, -0.05) is 17.3 Å². The minimum absolute atomic E-state index is 0.00536. The molecule has 3 heterocycles. The number of carbonyl (C=O) groups is 1. The van der Waals surface area contributed by atoms with Crippen molar-refractivity contribution in [1.82, 2.24) is 15.5 Å². The molecule has 0 spiro atoms. The summed E-state index contributed by atoms with van der Waals surface area (Å²) in [6.45, 7) is 4.00. The first kappa shape index (κ1) is 18.7. The highest BCUT2D eigenvalue weighted by molar-refractivity contribution is 5.91. The van der Waals surface area contributed by atoms with Crippen LogP contribution in [0.15, 0.2) is 28.8 Å². The Morgan fingerprint density at radius 1 is 1.21 bits per heavy atom. The fourth-order valence-corrected chi connectivity index (χ4v) is 3.43. The number of urea groups is 1. The van der Waals surface area contributed by atoms with Gasteiger partial charge >= 0.3 is 6.03 Å². The van der Waals surface area contributed by atoms with Gasteiger partial charge in [-0.15, -0.1) is 0 Å². The second-order valence-electron chi connectivity index (χ2n) is 7.02. The lowest BCUT2D eigenvalue weighted by Crippen LogP contribution is -2.51. The number of nitrogens with one attached hydrogen (secondary N) is 2. The van der Waals surface area contributed by atoms with Crippen molar-refractivity contribution in [2.24, 2.45) is 0 Å². The number of nitrogens with zero attached hydrogens (tertiary/aromatic N) is 2. The van der Waals surface area contributed by atoms with Crippen molar-refractivity contribution in [3.05, 3.63) is 36.0 Å². The summed E-state index contributed by atoms with van der Waals surface area (Å²) in [7, 11) is 0. The summed E-state index contributed by atoms with van der Waals surface area (Å²) < 4.78 is 22.2. The van der Waals surface area contributed by atoms with Crippen molar-refractivity contribution in [3.8, 4) is 5.75 Å². The van der Waals surface area contributed by atoms with Crippen LogP contribution in [0, 0.1) is 6.92 Å². The Kier molecular flexibility index (Phi) is 5.45. The van der Waals surface area contributed by atoms with Crippen molar-refractivity contribution in [2.75, 3.05) is 31.7 Å². The number of carbonyl (C=O) groups excluding carboxylic acids is 1. The molecule has 0 saturated carbocycles. The van der Waals surface area contributed by atoms with Crippen molar-refractivity contribution < 1.29 is 23.5 Å². The molecule has 150 valence electrons. The summed E-state index contributed by atoms with van der Waals surface area (Å²) in [5.74, 6) is 1.54. The number of anilines is 1. The standard InChI is InChI=1S/C19H24N4O5/c1-13-20-17(28-23-13)19(7-10-25-11-8-19)22-18(24)21-15-4-2-3-5-16(15)27-14-6-9-26-12-14/h2-5,14H,6-12H2,1H3,(H2,21,22,24). The number of rotatable bonds is 5. The molecule has 2 aliphatic heterocycles. The molecule has 2 N–H and O–H groups in total. The van der Waals surface area contributed by atoms with Crippen LogP contribution in [-0.4, -0.2) is 48.7 Å². The van der Waals surface area contributed by atoms with Crippen LogP contribution in [0.4, 0.5) is 10.5 Å². The first-order valence-electron chi connectivity index (χ1n) is 9.46. The Labute approximate surface area is 162 Å². The zero-order valence-corrected chi connectivity index (χ0v) is 15.8. The van der Waals surface area contributed by atoms with Crippen molar-refractivity contribution in [3.63, 3.8) is 0 Å². The van der Waals surface area contributed by atoms with E-state index in [1.165, 1.54) is 0 Å². The third-order valence-electron chi connectivity index (χ3n) is 4.95. The van der Waals surface area contributed by atoms with Gasteiger partial charge < -0.3 is 29.4 Å². The molecule has 2 aromatic rings. The molecular weight excluding hydrogens is 364 g/mol. The fourth-order valence-electron chi connectivity index (χ4n) is 3.43. The molecule has 2 amide bonds. The van der Waals surface area contributed by atoms with Crippen molar-refractivity contribution in [2.45, 2.75) is 37.8 Å². The van der Waals surface area contributed by atoms with Gasteiger partial charge in [-0.2, -0.15) is 4.98 Å². The molecule has 2 fully saturated rings. The van der Waals surface area contributed by atoms with E-state index in [0.29, 0.717) is 62.4 Å². The largest absolute Gasteiger partial charge is 0.486 e. The zero-order valence-electron chi connectivity index (χ0n) is 15.8. The molecule has 0 bridgehead atoms. The molecule has 1 aromatic heterocycles. The van der Waals surface area contributed by atoms with Gasteiger partial charge in [0.05, 0.1) is 18.9 Å². The second kappa shape index (κ2) is 8.15. The molecule has 4 rings (SSSR count). The van der Waals surface area contributed by atoms with Gasteiger partial charge in [0.25, 0.3) is 5.89 Å². The number of para-hydroxylation sites is 2. The lowest BCUT2D eigenvalue weighted by Gasteiger charge is -2.34. The fraction of sp³-hybridized carbons (Fsp3) is 0.526. The SMILES string of the molecule is Cc1noc(C2(NC(=O)Nc3ccccc3OC3CCOC3)CCOCC2)n1. The van der Waals surface area contributed by atoms with E-state index in [1.54, 1.807) is 13.0 Å². The van der Waals surface area contributed by atoms with Crippen LogP contribution >= 0.6 is 0 Å². The molecule has 2 aliphatic rings. The number of ether oxygens (including phenoxy) is 3. The predicted octanol–water partition coefficient (Wildman–Crippen LogP) is 2.37. The van der Waals surface area contributed by atoms with Crippen LogP contribution in [0.3, 0.4) is 0 Å². The van der Waals surface area contributed by atoms with E-state index >= 15 is 0 Å². The second-order valence-corrected chi connectivity index (χ2v) is 7.02. The van der Waals surface area contributed by atoms with E-state index in [9.17, 15) is 4.79 Å². The number of hydrogen-bond acceptors (Lipinski definition) is 7. The van der Waals surface area contributed by atoms with E-state index in [0.717, 1.165) is 6.42 Å². The first-order chi connectivity index (χ1) is 13.6. The molecule has 1 unspecified atom stereocenters. The Balaban J connectivity index is 1.48. The van der Waals surface area contributed by atoms with Gasteiger partial charge in [0.15, 0.2) is 5.82 Å². The lowest BCUT2D eigenvalue weighted by molar-refractivity contribution is 0.0285. The molecule has 28 heavy (non-hydrogen) atoms. The maximum absolute atomic E-state index is 12.8. The quantitative estimate of drug-likeness (QED) is 0.809. The van der Waals surface area contributed by atoms with Crippen LogP contribution in [0.5, 0.6) is 5.75 Å². The van der Waals surface area contributed by atoms with Crippen LogP contribution in [0.25, 0.3) is 0 Å². The number of aryl methyl sites for hydroxylation is 1. The van der Waals surface area contributed by atoms with E-state index in [2.05, 4.69) is 20.8 Å². The number of benzene rings is 1. The average molecular weight is 388 g/mol. The molecule has 9 nitrogen and oxygen atoms in total. The third-order valence-corrected chi connectivity index (χ3v) is 4.95. The van der Waals surface area contributed by atoms with Crippen LogP contribution in [-0.2, 0) is 15.0 Å². The van der Waals surface area contributed by atoms with Gasteiger partial charge in [0.2, 0.25) is 0 Å². The number of aromatic nitrogens is 2. The number of hydrogen-bond donors (Lipinski definition) is 2. The highest BCUT2D eigenvalue weighted by Gasteiger charge is 2.41. The summed E-state index contributed by atoms with van der Waals surface area (Å²) in [4.78, 5) is 17.2. The van der Waals surface area contributed by atoms with Crippen molar-refractivity contribution in [1.29, 1.82) is 0 Å². The van der Waals surface area contributed by atoms with Gasteiger partial charge in [-0.25, -0.2) is 4.79 Å². The molecule has 0 radical (unpaired) electrons. The molecule has 9 heteroatoms.